The lowest BCUT2D eigenvalue weighted by Crippen LogP contribution is -2.07. The SMILES string of the molecule is Cc1nc(CCNc2ccc(C#N)nn2)sc1C. The molecule has 0 fully saturated rings. The van der Waals surface area contributed by atoms with Crippen LogP contribution in [0.5, 0.6) is 0 Å². The Morgan fingerprint density at radius 3 is 2.72 bits per heavy atom. The van der Waals surface area contributed by atoms with Gasteiger partial charge < -0.3 is 5.32 Å². The van der Waals surface area contributed by atoms with E-state index in [1.54, 1.807) is 23.5 Å². The van der Waals surface area contributed by atoms with Crippen LogP contribution in [0, 0.1) is 25.2 Å². The van der Waals surface area contributed by atoms with Gasteiger partial charge in [0.1, 0.15) is 11.9 Å². The van der Waals surface area contributed by atoms with Gasteiger partial charge in [-0.25, -0.2) is 4.98 Å². The van der Waals surface area contributed by atoms with E-state index in [1.807, 2.05) is 13.0 Å². The minimum absolute atomic E-state index is 0.326. The highest BCUT2D eigenvalue weighted by molar-refractivity contribution is 7.11. The van der Waals surface area contributed by atoms with Gasteiger partial charge in [0.15, 0.2) is 5.69 Å². The predicted molar refractivity (Wildman–Crippen MR) is 70.5 cm³/mol. The van der Waals surface area contributed by atoms with Crippen LogP contribution >= 0.6 is 11.3 Å². The summed E-state index contributed by atoms with van der Waals surface area (Å²) in [5.41, 5.74) is 1.43. The van der Waals surface area contributed by atoms with E-state index in [0.29, 0.717) is 11.5 Å². The maximum Gasteiger partial charge on any atom is 0.163 e. The lowest BCUT2D eigenvalue weighted by molar-refractivity contribution is 0.946. The second-order valence-electron chi connectivity index (χ2n) is 3.84. The van der Waals surface area contributed by atoms with Crippen molar-refractivity contribution in [3.63, 3.8) is 0 Å². The molecule has 6 heteroatoms. The van der Waals surface area contributed by atoms with Crippen molar-refractivity contribution < 1.29 is 0 Å². The molecule has 18 heavy (non-hydrogen) atoms. The number of nitriles is 1. The quantitative estimate of drug-likeness (QED) is 0.909. The van der Waals surface area contributed by atoms with Gasteiger partial charge in [0.05, 0.1) is 10.7 Å². The normalized spacial score (nSPS) is 10.1. The summed E-state index contributed by atoms with van der Waals surface area (Å²) in [4.78, 5) is 5.74. The number of nitrogens with one attached hydrogen (secondary N) is 1. The first kappa shape index (κ1) is 12.5. The molecule has 0 aromatic carbocycles. The highest BCUT2D eigenvalue weighted by Crippen LogP contribution is 2.16. The minimum Gasteiger partial charge on any atom is -0.368 e. The maximum atomic E-state index is 8.60. The summed E-state index contributed by atoms with van der Waals surface area (Å²) < 4.78 is 0. The first-order valence-corrected chi connectivity index (χ1v) is 6.41. The lowest BCUT2D eigenvalue weighted by atomic mass is 10.4. The highest BCUT2D eigenvalue weighted by atomic mass is 32.1. The molecule has 0 radical (unpaired) electrons. The molecule has 2 heterocycles. The van der Waals surface area contributed by atoms with Crippen LogP contribution in [0.1, 0.15) is 21.3 Å². The van der Waals surface area contributed by atoms with Crippen LogP contribution < -0.4 is 5.32 Å². The monoisotopic (exact) mass is 259 g/mol. The van der Waals surface area contributed by atoms with Gasteiger partial charge in [0.2, 0.25) is 0 Å². The van der Waals surface area contributed by atoms with Gasteiger partial charge in [0.25, 0.3) is 0 Å². The van der Waals surface area contributed by atoms with Crippen molar-refractivity contribution in [3.05, 3.63) is 33.4 Å². The maximum absolute atomic E-state index is 8.60. The van der Waals surface area contributed by atoms with Crippen molar-refractivity contribution in [3.8, 4) is 6.07 Å². The number of anilines is 1. The Morgan fingerprint density at radius 2 is 2.17 bits per heavy atom. The fraction of sp³-hybridized carbons (Fsp3) is 0.333. The first-order valence-electron chi connectivity index (χ1n) is 5.59. The predicted octanol–water partition coefficient (Wildman–Crippen LogP) is 2.08. The van der Waals surface area contributed by atoms with Gasteiger partial charge in [-0.3, -0.25) is 0 Å². The molecule has 0 saturated carbocycles. The fourth-order valence-corrected chi connectivity index (χ4v) is 2.36. The zero-order valence-electron chi connectivity index (χ0n) is 10.3. The van der Waals surface area contributed by atoms with Crippen molar-refractivity contribution in [2.75, 3.05) is 11.9 Å². The number of rotatable bonds is 4. The fourth-order valence-electron chi connectivity index (χ4n) is 1.43. The largest absolute Gasteiger partial charge is 0.368 e. The zero-order valence-corrected chi connectivity index (χ0v) is 11.1. The second-order valence-corrected chi connectivity index (χ2v) is 5.13. The summed E-state index contributed by atoms with van der Waals surface area (Å²) in [5, 5.41) is 20.5. The Hall–Kier alpha value is -2.00. The van der Waals surface area contributed by atoms with Crippen LogP contribution in [-0.2, 0) is 6.42 Å². The number of nitrogens with zero attached hydrogens (tertiary/aromatic N) is 4. The van der Waals surface area contributed by atoms with E-state index in [9.17, 15) is 0 Å². The van der Waals surface area contributed by atoms with Gasteiger partial charge >= 0.3 is 0 Å². The Bertz CT molecular complexity index is 548. The molecule has 1 N–H and O–H groups in total. The Balaban J connectivity index is 1.86. The van der Waals surface area contributed by atoms with Gasteiger partial charge in [-0.15, -0.1) is 21.5 Å². The molecular weight excluding hydrogens is 246 g/mol. The third-order valence-electron chi connectivity index (χ3n) is 2.50. The minimum atomic E-state index is 0.326. The van der Waals surface area contributed by atoms with Crippen molar-refractivity contribution in [2.45, 2.75) is 20.3 Å². The molecule has 0 bridgehead atoms. The third kappa shape index (κ3) is 3.02. The molecule has 0 spiro atoms. The molecule has 2 aromatic rings. The van der Waals surface area contributed by atoms with Gasteiger partial charge in [0, 0.05) is 17.8 Å². The molecule has 2 aromatic heterocycles. The summed E-state index contributed by atoms with van der Waals surface area (Å²) in [5.74, 6) is 0.680. The number of thiazole rings is 1. The molecular formula is C12H13N5S. The summed E-state index contributed by atoms with van der Waals surface area (Å²) >= 11 is 1.73. The summed E-state index contributed by atoms with van der Waals surface area (Å²) in [6.07, 6.45) is 0.862. The van der Waals surface area contributed by atoms with Crippen molar-refractivity contribution in [1.82, 2.24) is 15.2 Å². The molecule has 92 valence electrons. The van der Waals surface area contributed by atoms with E-state index in [1.165, 1.54) is 4.88 Å². The molecule has 0 aliphatic carbocycles. The van der Waals surface area contributed by atoms with Crippen LogP contribution in [0.3, 0.4) is 0 Å². The number of hydrogen-bond acceptors (Lipinski definition) is 6. The van der Waals surface area contributed by atoms with Gasteiger partial charge in [-0.1, -0.05) is 0 Å². The van der Waals surface area contributed by atoms with E-state index in [-0.39, 0.29) is 0 Å². The molecule has 0 saturated heterocycles. The summed E-state index contributed by atoms with van der Waals surface area (Å²) in [7, 11) is 0. The van der Waals surface area contributed by atoms with Gasteiger partial charge in [-0.05, 0) is 26.0 Å². The third-order valence-corrected chi connectivity index (χ3v) is 3.63. The van der Waals surface area contributed by atoms with Crippen LogP contribution in [0.2, 0.25) is 0 Å². The van der Waals surface area contributed by atoms with E-state index >= 15 is 0 Å². The average molecular weight is 259 g/mol. The van der Waals surface area contributed by atoms with Crippen molar-refractivity contribution in [1.29, 1.82) is 5.26 Å². The van der Waals surface area contributed by atoms with E-state index < -0.39 is 0 Å². The molecule has 0 atom stereocenters. The van der Waals surface area contributed by atoms with Crippen LogP contribution in [0.25, 0.3) is 0 Å². The Labute approximate surface area is 110 Å². The molecule has 2 rings (SSSR count). The lowest BCUT2D eigenvalue weighted by Gasteiger charge is -2.02. The Kier molecular flexibility index (Phi) is 3.85. The summed E-state index contributed by atoms with van der Waals surface area (Å²) in [6, 6.07) is 5.34. The zero-order chi connectivity index (χ0) is 13.0. The highest BCUT2D eigenvalue weighted by Gasteiger charge is 2.03. The van der Waals surface area contributed by atoms with Crippen LogP contribution in [0.15, 0.2) is 12.1 Å². The summed E-state index contributed by atoms with van der Waals surface area (Å²) in [6.45, 7) is 4.86. The number of hydrogen-bond donors (Lipinski definition) is 1. The number of aryl methyl sites for hydroxylation is 2. The van der Waals surface area contributed by atoms with Crippen molar-refractivity contribution >= 4 is 17.2 Å². The van der Waals surface area contributed by atoms with Crippen molar-refractivity contribution in [2.24, 2.45) is 0 Å². The van der Waals surface area contributed by atoms with Gasteiger partial charge in [-0.2, -0.15) is 5.26 Å². The Morgan fingerprint density at radius 1 is 1.33 bits per heavy atom. The van der Waals surface area contributed by atoms with Crippen LogP contribution in [-0.4, -0.2) is 21.7 Å². The van der Waals surface area contributed by atoms with Crippen LogP contribution in [0.4, 0.5) is 5.82 Å². The second kappa shape index (κ2) is 5.56. The average Bonchev–Trinajstić information content (AvgIpc) is 2.69. The molecule has 0 amide bonds. The molecule has 0 unspecified atom stereocenters. The first-order chi connectivity index (χ1) is 8.69. The van der Waals surface area contributed by atoms with E-state index in [2.05, 4.69) is 27.4 Å². The topological polar surface area (TPSA) is 74.5 Å². The van der Waals surface area contributed by atoms with E-state index in [0.717, 1.165) is 23.7 Å². The molecule has 0 aliphatic rings. The smallest absolute Gasteiger partial charge is 0.163 e. The number of aromatic nitrogens is 3. The standard InChI is InChI=1S/C12H13N5S/c1-8-9(2)18-12(15-8)5-6-14-11-4-3-10(7-13)16-17-11/h3-4H,5-6H2,1-2H3,(H,14,17). The molecule has 5 nitrogen and oxygen atoms in total. The van der Waals surface area contributed by atoms with E-state index in [4.69, 9.17) is 5.26 Å². The molecule has 0 aliphatic heterocycles.